The van der Waals surface area contributed by atoms with E-state index in [-0.39, 0.29) is 5.78 Å². The summed E-state index contributed by atoms with van der Waals surface area (Å²) in [6, 6.07) is 0. The van der Waals surface area contributed by atoms with Gasteiger partial charge in [-0.15, -0.1) is 22.7 Å². The highest BCUT2D eigenvalue weighted by Gasteiger charge is 2.22. The minimum atomic E-state index is 0.132. The van der Waals surface area contributed by atoms with Gasteiger partial charge in [0.1, 0.15) is 5.78 Å². The van der Waals surface area contributed by atoms with Crippen molar-refractivity contribution in [2.24, 2.45) is 11.8 Å². The number of aryl methyl sites for hydroxylation is 2. The second-order valence-electron chi connectivity index (χ2n) is 8.77. The molecule has 5 nitrogen and oxygen atoms in total. The van der Waals surface area contributed by atoms with Gasteiger partial charge in [-0.1, -0.05) is 13.8 Å². The molecule has 0 aliphatic heterocycles. The fourth-order valence-corrected chi connectivity index (χ4v) is 6.97. The number of carbonyl (C=O) groups is 1. The molecular weight excluding hydrogens is 400 g/mol. The maximum atomic E-state index is 11.1. The average molecular weight is 431 g/mol. The predicted molar refractivity (Wildman–Crippen MR) is 119 cm³/mol. The first-order valence-electron chi connectivity index (χ1n) is 10.5. The zero-order valence-electron chi connectivity index (χ0n) is 17.7. The van der Waals surface area contributed by atoms with Crippen LogP contribution in [0.1, 0.15) is 60.4 Å². The van der Waals surface area contributed by atoms with Gasteiger partial charge in [-0.05, 0) is 64.2 Å². The van der Waals surface area contributed by atoms with Crippen LogP contribution in [0.5, 0.6) is 0 Å². The van der Waals surface area contributed by atoms with Crippen molar-refractivity contribution in [3.63, 3.8) is 0 Å². The van der Waals surface area contributed by atoms with Gasteiger partial charge in [0.15, 0.2) is 9.76 Å². The highest BCUT2D eigenvalue weighted by atomic mass is 32.1. The Morgan fingerprint density at radius 1 is 1.14 bits per heavy atom. The van der Waals surface area contributed by atoms with Gasteiger partial charge in [-0.2, -0.15) is 0 Å². The first-order valence-corrected chi connectivity index (χ1v) is 12.2. The number of imidazole rings is 1. The summed E-state index contributed by atoms with van der Waals surface area (Å²) in [6.45, 7) is 8.62. The fourth-order valence-electron chi connectivity index (χ4n) is 4.39. The lowest BCUT2D eigenvalue weighted by molar-refractivity contribution is -0.117. The number of carbonyl (C=O) groups excluding carboxylic acids is 1. The van der Waals surface area contributed by atoms with Crippen LogP contribution in [0.3, 0.4) is 0 Å². The van der Waals surface area contributed by atoms with Crippen LogP contribution in [0.15, 0.2) is 6.20 Å². The molecule has 2 atom stereocenters. The minimum Gasteiger partial charge on any atom is -0.314 e. The van der Waals surface area contributed by atoms with E-state index >= 15 is 0 Å². The Hall–Kier alpha value is -1.73. The van der Waals surface area contributed by atoms with Crippen molar-refractivity contribution in [3.05, 3.63) is 37.8 Å². The highest BCUT2D eigenvalue weighted by Crippen LogP contribution is 2.32. The standard InChI is InChI=1S/C11H16N2OS.C11H14N2S/c1-7-3-4-9-10(5-7)15-11(12)13(9)6-8(2)14;1-7-3-4-9-10(5-7)14-11-12-8(2)6-13(9)11/h7,12H,3-6H2,1-2H3;6-7H,3-5H2,1-2H3. The number of Topliss-reactive ketones (excluding diaryl/α,β-unsaturated/α-hetero) is 1. The molecule has 0 fully saturated rings. The maximum Gasteiger partial charge on any atom is 0.194 e. The Bertz CT molecular complexity index is 1100. The van der Waals surface area contributed by atoms with Crippen molar-refractivity contribution in [3.8, 4) is 0 Å². The van der Waals surface area contributed by atoms with Gasteiger partial charge < -0.3 is 4.57 Å². The van der Waals surface area contributed by atoms with Crippen LogP contribution in [0.2, 0.25) is 0 Å². The van der Waals surface area contributed by atoms with Gasteiger partial charge in [0.2, 0.25) is 0 Å². The number of hydrogen-bond acceptors (Lipinski definition) is 5. The summed E-state index contributed by atoms with van der Waals surface area (Å²) in [7, 11) is 0. The summed E-state index contributed by atoms with van der Waals surface area (Å²) >= 11 is 3.42. The van der Waals surface area contributed by atoms with Crippen molar-refractivity contribution < 1.29 is 4.79 Å². The third-order valence-corrected chi connectivity index (χ3v) is 8.11. The van der Waals surface area contributed by atoms with Gasteiger partial charge in [0.05, 0.1) is 12.2 Å². The fraction of sp³-hybridized carbons (Fsp3) is 0.591. The van der Waals surface area contributed by atoms with E-state index in [1.807, 2.05) is 15.9 Å². The van der Waals surface area contributed by atoms with Crippen LogP contribution in [-0.2, 0) is 37.0 Å². The molecule has 5 rings (SSSR count). The van der Waals surface area contributed by atoms with E-state index in [1.54, 1.807) is 11.8 Å². The van der Waals surface area contributed by atoms with Crippen LogP contribution in [-0.4, -0.2) is 19.7 Å². The lowest BCUT2D eigenvalue weighted by atomic mass is 9.93. The van der Waals surface area contributed by atoms with E-state index in [4.69, 9.17) is 5.41 Å². The number of nitrogens with zero attached hydrogens (tertiary/aromatic N) is 3. The molecule has 0 saturated carbocycles. The summed E-state index contributed by atoms with van der Waals surface area (Å²) in [4.78, 5) is 20.2. The van der Waals surface area contributed by atoms with Crippen LogP contribution < -0.4 is 4.80 Å². The molecule has 3 heterocycles. The quantitative estimate of drug-likeness (QED) is 0.647. The lowest BCUT2D eigenvalue weighted by Crippen LogP contribution is -2.22. The van der Waals surface area contributed by atoms with Crippen molar-refractivity contribution in [1.29, 1.82) is 5.41 Å². The van der Waals surface area contributed by atoms with Gasteiger partial charge >= 0.3 is 0 Å². The number of aromatic nitrogens is 3. The number of rotatable bonds is 2. The van der Waals surface area contributed by atoms with Crippen LogP contribution in [0.25, 0.3) is 4.96 Å². The summed E-state index contributed by atoms with van der Waals surface area (Å²) < 4.78 is 4.18. The molecule has 0 amide bonds. The molecule has 0 saturated heterocycles. The molecule has 156 valence electrons. The molecular formula is C22H30N4OS2. The molecule has 3 aromatic rings. The predicted octanol–water partition coefficient (Wildman–Crippen LogP) is 4.57. The van der Waals surface area contributed by atoms with Crippen LogP contribution >= 0.6 is 22.7 Å². The Morgan fingerprint density at radius 3 is 2.41 bits per heavy atom. The summed E-state index contributed by atoms with van der Waals surface area (Å²) in [5.74, 6) is 1.71. The highest BCUT2D eigenvalue weighted by molar-refractivity contribution is 7.17. The Balaban J connectivity index is 0.000000141. The Kier molecular flexibility index (Phi) is 5.80. The van der Waals surface area contributed by atoms with Crippen LogP contribution in [0.4, 0.5) is 0 Å². The lowest BCUT2D eigenvalue weighted by Gasteiger charge is -2.19. The van der Waals surface area contributed by atoms with E-state index in [0.29, 0.717) is 11.3 Å². The van der Waals surface area contributed by atoms with Crippen molar-refractivity contribution in [2.45, 2.75) is 72.8 Å². The van der Waals surface area contributed by atoms with E-state index in [1.165, 1.54) is 58.2 Å². The number of fused-ring (bicyclic) bond motifs is 4. The summed E-state index contributed by atoms with van der Waals surface area (Å²) in [5, 5.41) is 7.86. The number of hydrogen-bond donors (Lipinski definition) is 1. The second-order valence-corrected chi connectivity index (χ2v) is 10.9. The zero-order chi connectivity index (χ0) is 20.7. The molecule has 29 heavy (non-hydrogen) atoms. The molecule has 0 radical (unpaired) electrons. The minimum absolute atomic E-state index is 0.132. The molecule has 1 N–H and O–H groups in total. The van der Waals surface area contributed by atoms with E-state index in [0.717, 1.165) is 30.4 Å². The van der Waals surface area contributed by atoms with Crippen LogP contribution in [0, 0.1) is 24.2 Å². The molecule has 3 aromatic heterocycles. The zero-order valence-corrected chi connectivity index (χ0v) is 19.4. The normalized spacial score (nSPS) is 20.7. The Morgan fingerprint density at radius 2 is 1.76 bits per heavy atom. The smallest absolute Gasteiger partial charge is 0.194 e. The number of thiazole rings is 2. The molecule has 7 heteroatoms. The molecule has 0 aromatic carbocycles. The largest absolute Gasteiger partial charge is 0.314 e. The Labute approximate surface area is 179 Å². The van der Waals surface area contributed by atoms with E-state index < -0.39 is 0 Å². The van der Waals surface area contributed by atoms with E-state index in [2.05, 4.69) is 36.4 Å². The van der Waals surface area contributed by atoms with Gasteiger partial charge in [0, 0.05) is 27.3 Å². The molecule has 0 bridgehead atoms. The first kappa shape index (κ1) is 20.5. The van der Waals surface area contributed by atoms with Gasteiger partial charge in [0.25, 0.3) is 0 Å². The molecule has 2 aliphatic carbocycles. The SMILES string of the molecule is CC(=O)Cn1c2c(sc1=N)CC(C)CC2.Cc1cn2c3c(sc2n1)CC(C)CC3. The summed E-state index contributed by atoms with van der Waals surface area (Å²) in [6.07, 6.45) is 9.27. The molecule has 2 unspecified atom stereocenters. The van der Waals surface area contributed by atoms with Crippen molar-refractivity contribution in [1.82, 2.24) is 14.0 Å². The maximum absolute atomic E-state index is 11.1. The number of ketones is 1. The summed E-state index contributed by atoms with van der Waals surface area (Å²) in [5.41, 5.74) is 3.89. The van der Waals surface area contributed by atoms with E-state index in [9.17, 15) is 4.79 Å². The van der Waals surface area contributed by atoms with Gasteiger partial charge in [-0.3, -0.25) is 14.6 Å². The molecule has 0 spiro atoms. The van der Waals surface area contributed by atoms with Crippen molar-refractivity contribution >= 4 is 33.4 Å². The average Bonchev–Trinajstić information content (AvgIpc) is 3.25. The molecule has 2 aliphatic rings. The third-order valence-electron chi connectivity index (χ3n) is 5.93. The topological polar surface area (TPSA) is 63.2 Å². The third kappa shape index (κ3) is 4.26. The van der Waals surface area contributed by atoms with Crippen molar-refractivity contribution in [2.75, 3.05) is 0 Å². The monoisotopic (exact) mass is 430 g/mol. The van der Waals surface area contributed by atoms with Gasteiger partial charge in [-0.25, -0.2) is 4.98 Å². The number of nitrogens with one attached hydrogen (secondary N) is 1. The second kappa shape index (κ2) is 8.19. The first-order chi connectivity index (χ1) is 13.8.